The summed E-state index contributed by atoms with van der Waals surface area (Å²) in [5, 5.41) is 9.34. The topological polar surface area (TPSA) is 55.1 Å². The van der Waals surface area contributed by atoms with E-state index in [9.17, 15) is 9.90 Å². The van der Waals surface area contributed by atoms with Crippen LogP contribution in [0.2, 0.25) is 0 Å². The molecule has 1 aromatic carbocycles. The summed E-state index contributed by atoms with van der Waals surface area (Å²) in [6, 6.07) is 5.29. The Labute approximate surface area is 115 Å². The molecule has 2 aromatic rings. The van der Waals surface area contributed by atoms with Gasteiger partial charge in [-0.3, -0.25) is 0 Å². The Hall–Kier alpha value is -1.49. The molecule has 3 rings (SSSR count). The Balaban J connectivity index is 2.17. The summed E-state index contributed by atoms with van der Waals surface area (Å²) in [6.07, 6.45) is 4.52. The highest BCUT2D eigenvalue weighted by molar-refractivity contribution is 8.00. The van der Waals surface area contributed by atoms with E-state index >= 15 is 0 Å². The van der Waals surface area contributed by atoms with Gasteiger partial charge in [0.2, 0.25) is 0 Å². The van der Waals surface area contributed by atoms with Crippen LogP contribution < -0.4 is 0 Å². The maximum Gasteiger partial charge on any atom is 0.337 e. The van der Waals surface area contributed by atoms with Crippen LogP contribution in [0.25, 0.3) is 11.0 Å². The number of fused-ring (bicyclic) bond motifs is 1. The minimum atomic E-state index is -0.888. The average molecular weight is 276 g/mol. The number of rotatable bonds is 4. The Morgan fingerprint density at radius 2 is 2.26 bits per heavy atom. The van der Waals surface area contributed by atoms with Gasteiger partial charge in [0.05, 0.1) is 16.6 Å². The van der Waals surface area contributed by atoms with Crippen molar-refractivity contribution in [3.8, 4) is 0 Å². The minimum Gasteiger partial charge on any atom is -0.478 e. The van der Waals surface area contributed by atoms with E-state index in [0.717, 1.165) is 23.4 Å². The SMILES string of the molecule is CSC1(Cn2c(C)nc3cccc(C(=O)O)c32)CC1. The highest BCUT2D eigenvalue weighted by atomic mass is 32.2. The van der Waals surface area contributed by atoms with Crippen molar-refractivity contribution in [3.63, 3.8) is 0 Å². The quantitative estimate of drug-likeness (QED) is 0.933. The van der Waals surface area contributed by atoms with Crippen molar-refractivity contribution in [2.75, 3.05) is 6.26 Å². The molecule has 1 saturated carbocycles. The predicted molar refractivity (Wildman–Crippen MR) is 76.9 cm³/mol. The molecular weight excluding hydrogens is 260 g/mol. The number of carbonyl (C=O) groups is 1. The number of hydrogen-bond donors (Lipinski definition) is 1. The summed E-state index contributed by atoms with van der Waals surface area (Å²) < 4.78 is 2.35. The van der Waals surface area contributed by atoms with Crippen LogP contribution in [0.1, 0.15) is 29.0 Å². The van der Waals surface area contributed by atoms with Gasteiger partial charge in [0.1, 0.15) is 5.82 Å². The van der Waals surface area contributed by atoms with E-state index in [2.05, 4.69) is 15.8 Å². The van der Waals surface area contributed by atoms with Crippen LogP contribution >= 0.6 is 11.8 Å². The lowest BCUT2D eigenvalue weighted by molar-refractivity contribution is 0.0698. The predicted octanol–water partition coefficient (Wildman–Crippen LogP) is 2.94. The molecule has 4 nitrogen and oxygen atoms in total. The monoisotopic (exact) mass is 276 g/mol. The van der Waals surface area contributed by atoms with Crippen LogP contribution in [0.4, 0.5) is 0 Å². The fourth-order valence-corrected chi connectivity index (χ4v) is 3.29. The van der Waals surface area contributed by atoms with E-state index in [-0.39, 0.29) is 4.75 Å². The molecule has 0 bridgehead atoms. The van der Waals surface area contributed by atoms with E-state index < -0.39 is 5.97 Å². The van der Waals surface area contributed by atoms with Crippen LogP contribution in [-0.2, 0) is 6.54 Å². The summed E-state index contributed by atoms with van der Waals surface area (Å²) in [7, 11) is 0. The van der Waals surface area contributed by atoms with Gasteiger partial charge in [-0.05, 0) is 38.2 Å². The van der Waals surface area contributed by atoms with Gasteiger partial charge in [-0.1, -0.05) is 6.07 Å². The first-order valence-corrected chi connectivity index (χ1v) is 7.53. The fraction of sp³-hybridized carbons (Fsp3) is 0.429. The standard InChI is InChI=1S/C14H16N2O2S/c1-9-15-11-5-3-4-10(13(17)18)12(11)16(9)8-14(19-2)6-7-14/h3-5H,6-8H2,1-2H3,(H,17,18). The number of benzene rings is 1. The number of imidazole rings is 1. The minimum absolute atomic E-state index is 0.282. The molecule has 5 heteroatoms. The molecule has 0 saturated heterocycles. The first-order chi connectivity index (χ1) is 9.06. The van der Waals surface area contributed by atoms with Crippen LogP contribution in [-0.4, -0.2) is 31.6 Å². The van der Waals surface area contributed by atoms with Gasteiger partial charge < -0.3 is 9.67 Å². The van der Waals surface area contributed by atoms with E-state index in [0.29, 0.717) is 5.56 Å². The molecule has 0 spiro atoms. The number of thioether (sulfide) groups is 1. The number of hydrogen-bond acceptors (Lipinski definition) is 3. The average Bonchev–Trinajstić information content (AvgIpc) is 3.09. The van der Waals surface area contributed by atoms with E-state index in [4.69, 9.17) is 0 Å². The van der Waals surface area contributed by atoms with Crippen molar-refractivity contribution in [1.82, 2.24) is 9.55 Å². The Kier molecular flexibility index (Phi) is 2.82. The molecule has 1 aliphatic rings. The van der Waals surface area contributed by atoms with Gasteiger partial charge in [-0.2, -0.15) is 11.8 Å². The van der Waals surface area contributed by atoms with Gasteiger partial charge in [-0.25, -0.2) is 9.78 Å². The molecule has 0 aliphatic heterocycles. The van der Waals surface area contributed by atoms with Crippen molar-refractivity contribution in [2.45, 2.75) is 31.1 Å². The van der Waals surface area contributed by atoms with Crippen molar-refractivity contribution in [3.05, 3.63) is 29.6 Å². The third-order valence-electron chi connectivity index (χ3n) is 3.87. The maximum absolute atomic E-state index is 11.4. The van der Waals surface area contributed by atoms with Gasteiger partial charge in [0, 0.05) is 11.3 Å². The Morgan fingerprint density at radius 3 is 2.84 bits per heavy atom. The number of para-hydroxylation sites is 1. The first kappa shape index (κ1) is 12.5. The molecule has 0 atom stereocenters. The van der Waals surface area contributed by atoms with Crippen molar-refractivity contribution >= 4 is 28.8 Å². The molecule has 0 amide bonds. The maximum atomic E-state index is 11.4. The van der Waals surface area contributed by atoms with E-state index in [1.165, 1.54) is 12.8 Å². The molecular formula is C14H16N2O2S. The largest absolute Gasteiger partial charge is 0.478 e. The number of aryl methyl sites for hydroxylation is 1. The van der Waals surface area contributed by atoms with Gasteiger partial charge in [0.25, 0.3) is 0 Å². The van der Waals surface area contributed by atoms with Crippen molar-refractivity contribution in [2.24, 2.45) is 0 Å². The highest BCUT2D eigenvalue weighted by Gasteiger charge is 2.42. The molecule has 1 N–H and O–H groups in total. The molecule has 100 valence electrons. The zero-order valence-electron chi connectivity index (χ0n) is 11.0. The van der Waals surface area contributed by atoms with Gasteiger partial charge >= 0.3 is 5.97 Å². The van der Waals surface area contributed by atoms with Crippen LogP contribution in [0.3, 0.4) is 0 Å². The smallest absolute Gasteiger partial charge is 0.337 e. The summed E-state index contributed by atoms with van der Waals surface area (Å²) in [5.41, 5.74) is 1.87. The van der Waals surface area contributed by atoms with Crippen molar-refractivity contribution < 1.29 is 9.90 Å². The number of aromatic nitrogens is 2. The van der Waals surface area contributed by atoms with Crippen molar-refractivity contribution in [1.29, 1.82) is 0 Å². The second kappa shape index (κ2) is 4.27. The second-order valence-electron chi connectivity index (χ2n) is 5.11. The zero-order valence-corrected chi connectivity index (χ0v) is 11.8. The van der Waals surface area contributed by atoms with E-state index in [1.807, 2.05) is 24.8 Å². The Morgan fingerprint density at radius 1 is 1.53 bits per heavy atom. The summed E-state index contributed by atoms with van der Waals surface area (Å²) >= 11 is 1.87. The third kappa shape index (κ3) is 2.02. The molecule has 1 aromatic heterocycles. The lowest BCUT2D eigenvalue weighted by Crippen LogP contribution is -2.16. The highest BCUT2D eigenvalue weighted by Crippen LogP contribution is 2.49. The number of carboxylic acid groups (broad SMARTS) is 1. The Bertz CT molecular complexity index is 659. The molecule has 1 fully saturated rings. The van der Waals surface area contributed by atoms with Crippen LogP contribution in [0.15, 0.2) is 18.2 Å². The van der Waals surface area contributed by atoms with Crippen LogP contribution in [0.5, 0.6) is 0 Å². The summed E-state index contributed by atoms with van der Waals surface area (Å²) in [5.74, 6) is 0.00442. The molecule has 19 heavy (non-hydrogen) atoms. The second-order valence-corrected chi connectivity index (χ2v) is 6.39. The first-order valence-electron chi connectivity index (χ1n) is 6.31. The fourth-order valence-electron chi connectivity index (χ4n) is 2.52. The van der Waals surface area contributed by atoms with E-state index in [1.54, 1.807) is 12.1 Å². The zero-order chi connectivity index (χ0) is 13.6. The lowest BCUT2D eigenvalue weighted by atomic mass is 10.2. The third-order valence-corrected chi connectivity index (χ3v) is 5.28. The number of carboxylic acids is 1. The molecule has 0 radical (unpaired) electrons. The lowest BCUT2D eigenvalue weighted by Gasteiger charge is -2.15. The normalized spacial score (nSPS) is 16.7. The van der Waals surface area contributed by atoms with Gasteiger partial charge in [-0.15, -0.1) is 0 Å². The van der Waals surface area contributed by atoms with Gasteiger partial charge in [0.15, 0.2) is 0 Å². The summed E-state index contributed by atoms with van der Waals surface area (Å²) in [6.45, 7) is 2.79. The number of nitrogens with zero attached hydrogens (tertiary/aromatic N) is 2. The van der Waals surface area contributed by atoms with Crippen LogP contribution in [0, 0.1) is 6.92 Å². The summed E-state index contributed by atoms with van der Waals surface area (Å²) in [4.78, 5) is 15.9. The molecule has 1 heterocycles. The molecule has 0 unspecified atom stereocenters. The number of aromatic carboxylic acids is 1. The molecule has 1 aliphatic carbocycles.